The maximum atomic E-state index is 12.6. The van der Waals surface area contributed by atoms with Crippen LogP contribution in [0.3, 0.4) is 0 Å². The van der Waals surface area contributed by atoms with Crippen LogP contribution in [0.5, 0.6) is 0 Å². The Kier molecular flexibility index (Phi) is 3.71. The van der Waals surface area contributed by atoms with E-state index in [1.807, 2.05) is 0 Å². The molecule has 9 heteroatoms. The highest BCUT2D eigenvalue weighted by Crippen LogP contribution is 2.28. The molecular weight excluding hydrogens is 330 g/mol. The number of rotatable bonds is 2. The lowest BCUT2D eigenvalue weighted by molar-refractivity contribution is 0.0563. The van der Waals surface area contributed by atoms with Crippen LogP contribution < -0.4 is 5.56 Å². The molecule has 0 saturated heterocycles. The molecule has 1 amide bonds. The van der Waals surface area contributed by atoms with Gasteiger partial charge in [-0.3, -0.25) is 9.59 Å². The number of fused-ring (bicyclic) bond motifs is 1. The maximum absolute atomic E-state index is 12.6. The van der Waals surface area contributed by atoms with Crippen molar-refractivity contribution < 1.29 is 13.6 Å². The fraction of sp³-hybridized carbons (Fsp3) is 0.357. The van der Waals surface area contributed by atoms with E-state index in [2.05, 4.69) is 5.10 Å². The smallest absolute Gasteiger partial charge is 0.328 e. The summed E-state index contributed by atoms with van der Waals surface area (Å²) in [4.78, 5) is 25.9. The zero-order chi connectivity index (χ0) is 16.9. The number of halogens is 3. The Balaban J connectivity index is 1.93. The molecular formula is C14H13ClF2N4O2. The van der Waals surface area contributed by atoms with Crippen LogP contribution in [-0.2, 0) is 20.1 Å². The molecule has 0 aromatic carbocycles. The number of amides is 1. The van der Waals surface area contributed by atoms with Crippen molar-refractivity contribution in [3.05, 3.63) is 50.2 Å². The van der Waals surface area contributed by atoms with Crippen molar-refractivity contribution in [2.45, 2.75) is 26.6 Å². The predicted molar refractivity (Wildman–Crippen MR) is 78.5 cm³/mol. The molecule has 0 saturated carbocycles. The summed E-state index contributed by atoms with van der Waals surface area (Å²) in [5, 5.41) is 3.59. The van der Waals surface area contributed by atoms with Gasteiger partial charge >= 0.3 is 6.55 Å². The van der Waals surface area contributed by atoms with E-state index in [9.17, 15) is 18.4 Å². The van der Waals surface area contributed by atoms with Crippen LogP contribution >= 0.6 is 11.6 Å². The van der Waals surface area contributed by atoms with Gasteiger partial charge in [-0.05, 0) is 18.1 Å². The molecule has 0 aliphatic carbocycles. The normalized spacial score (nSPS) is 13.7. The number of aromatic nitrogens is 3. The van der Waals surface area contributed by atoms with E-state index in [1.165, 1.54) is 9.47 Å². The first-order valence-electron chi connectivity index (χ1n) is 6.79. The zero-order valence-electron chi connectivity index (χ0n) is 12.4. The quantitative estimate of drug-likeness (QED) is 0.839. The molecule has 0 bridgehead atoms. The molecule has 2 aromatic heterocycles. The van der Waals surface area contributed by atoms with Gasteiger partial charge in [-0.1, -0.05) is 11.6 Å². The van der Waals surface area contributed by atoms with E-state index in [-0.39, 0.29) is 29.2 Å². The van der Waals surface area contributed by atoms with Gasteiger partial charge in [-0.2, -0.15) is 13.9 Å². The molecule has 0 unspecified atom stereocenters. The van der Waals surface area contributed by atoms with Gasteiger partial charge in [0.2, 0.25) is 0 Å². The van der Waals surface area contributed by atoms with Gasteiger partial charge in [-0.15, -0.1) is 0 Å². The van der Waals surface area contributed by atoms with Crippen LogP contribution in [0, 0.1) is 6.92 Å². The second kappa shape index (κ2) is 5.45. The Morgan fingerprint density at radius 1 is 1.39 bits per heavy atom. The average Bonchev–Trinajstić information content (AvgIpc) is 3.17. The molecule has 2 aromatic rings. The summed E-state index contributed by atoms with van der Waals surface area (Å²) in [7, 11) is 1.59. The third-order valence-electron chi connectivity index (χ3n) is 4.05. The molecule has 1 aliphatic rings. The summed E-state index contributed by atoms with van der Waals surface area (Å²) in [6.45, 7) is -0.578. The lowest BCUT2D eigenvalue weighted by atomic mass is 10.1. The molecule has 122 valence electrons. The number of pyridine rings is 1. The first kappa shape index (κ1) is 15.7. The fourth-order valence-electron chi connectivity index (χ4n) is 2.70. The van der Waals surface area contributed by atoms with Crippen LogP contribution in [-0.4, -0.2) is 25.2 Å². The van der Waals surface area contributed by atoms with Gasteiger partial charge in [0.05, 0.1) is 18.3 Å². The highest BCUT2D eigenvalue weighted by atomic mass is 35.5. The van der Waals surface area contributed by atoms with Crippen molar-refractivity contribution in [1.82, 2.24) is 19.2 Å². The Bertz CT molecular complexity index is 859. The third-order valence-corrected chi connectivity index (χ3v) is 4.50. The summed E-state index contributed by atoms with van der Waals surface area (Å²) in [6, 6.07) is 0. The van der Waals surface area contributed by atoms with Gasteiger partial charge in [0.15, 0.2) is 0 Å². The summed E-state index contributed by atoms with van der Waals surface area (Å²) in [6.07, 6.45) is 2.12. The average molecular weight is 343 g/mol. The van der Waals surface area contributed by atoms with Crippen molar-refractivity contribution in [2.24, 2.45) is 7.05 Å². The maximum Gasteiger partial charge on any atom is 0.333 e. The van der Waals surface area contributed by atoms with Crippen LogP contribution in [0.4, 0.5) is 8.78 Å². The zero-order valence-corrected chi connectivity index (χ0v) is 13.1. The minimum absolute atomic E-state index is 0.0758. The number of carbonyl (C=O) groups excluding carboxylic acids is 1. The SMILES string of the molecule is Cc1c2c(n(C)c(=O)c1Cl)CN(C(=O)c1cnn(C(F)F)c1)C2. The Labute approximate surface area is 134 Å². The van der Waals surface area contributed by atoms with Gasteiger partial charge in [0.1, 0.15) is 5.02 Å². The van der Waals surface area contributed by atoms with Gasteiger partial charge in [0.25, 0.3) is 11.5 Å². The highest BCUT2D eigenvalue weighted by Gasteiger charge is 2.30. The van der Waals surface area contributed by atoms with Crippen molar-refractivity contribution in [2.75, 3.05) is 0 Å². The molecule has 0 radical (unpaired) electrons. The molecule has 1 aliphatic heterocycles. The minimum Gasteiger partial charge on any atom is -0.328 e. The fourth-order valence-corrected chi connectivity index (χ4v) is 2.94. The van der Waals surface area contributed by atoms with E-state index in [4.69, 9.17) is 11.6 Å². The van der Waals surface area contributed by atoms with Crippen LogP contribution in [0.25, 0.3) is 0 Å². The van der Waals surface area contributed by atoms with E-state index in [1.54, 1.807) is 14.0 Å². The van der Waals surface area contributed by atoms with E-state index in [0.29, 0.717) is 15.9 Å². The van der Waals surface area contributed by atoms with Crippen LogP contribution in [0.1, 0.15) is 33.7 Å². The number of alkyl halides is 2. The van der Waals surface area contributed by atoms with Gasteiger partial charge in [-0.25, -0.2) is 4.68 Å². The number of hydrogen-bond acceptors (Lipinski definition) is 3. The number of carbonyl (C=O) groups is 1. The van der Waals surface area contributed by atoms with Crippen molar-refractivity contribution in [3.8, 4) is 0 Å². The monoisotopic (exact) mass is 342 g/mol. The standard InChI is InChI=1S/C14H13ClF2N4O2/c1-7-9-5-20(6-10(9)19(2)13(23)11(7)15)12(22)8-3-18-21(4-8)14(16)17/h3-4,14H,5-6H2,1-2H3. The largest absolute Gasteiger partial charge is 0.333 e. The van der Waals surface area contributed by atoms with E-state index < -0.39 is 12.5 Å². The Hall–Kier alpha value is -2.22. The first-order valence-corrected chi connectivity index (χ1v) is 7.17. The molecule has 23 heavy (non-hydrogen) atoms. The minimum atomic E-state index is -2.80. The highest BCUT2D eigenvalue weighted by molar-refractivity contribution is 6.31. The summed E-state index contributed by atoms with van der Waals surface area (Å²) >= 11 is 6.02. The molecule has 0 spiro atoms. The van der Waals surface area contributed by atoms with Gasteiger partial charge in [0, 0.05) is 25.5 Å². The number of nitrogens with zero attached hydrogens (tertiary/aromatic N) is 4. The van der Waals surface area contributed by atoms with Gasteiger partial charge < -0.3 is 9.47 Å². The second-order valence-electron chi connectivity index (χ2n) is 5.38. The van der Waals surface area contributed by atoms with Crippen LogP contribution in [0.15, 0.2) is 17.2 Å². The Morgan fingerprint density at radius 3 is 2.70 bits per heavy atom. The van der Waals surface area contributed by atoms with E-state index in [0.717, 1.165) is 18.0 Å². The molecule has 0 atom stereocenters. The molecule has 6 nitrogen and oxygen atoms in total. The first-order chi connectivity index (χ1) is 10.8. The molecule has 3 heterocycles. The van der Waals surface area contributed by atoms with Crippen molar-refractivity contribution in [3.63, 3.8) is 0 Å². The molecule has 3 rings (SSSR count). The lowest BCUT2D eigenvalue weighted by Gasteiger charge is -2.14. The van der Waals surface area contributed by atoms with Crippen molar-refractivity contribution >= 4 is 17.5 Å². The van der Waals surface area contributed by atoms with Crippen molar-refractivity contribution in [1.29, 1.82) is 0 Å². The molecule has 0 fully saturated rings. The van der Waals surface area contributed by atoms with Crippen LogP contribution in [0.2, 0.25) is 5.02 Å². The summed E-state index contributed by atoms with van der Waals surface area (Å²) in [5.74, 6) is -0.420. The number of hydrogen-bond donors (Lipinski definition) is 0. The third kappa shape index (κ3) is 2.42. The Morgan fingerprint density at radius 2 is 2.09 bits per heavy atom. The second-order valence-corrected chi connectivity index (χ2v) is 5.75. The summed E-state index contributed by atoms with van der Waals surface area (Å²) in [5.41, 5.74) is 1.91. The topological polar surface area (TPSA) is 60.1 Å². The predicted octanol–water partition coefficient (Wildman–Crippen LogP) is 2.09. The summed E-state index contributed by atoms with van der Waals surface area (Å²) < 4.78 is 26.9. The lowest BCUT2D eigenvalue weighted by Crippen LogP contribution is -2.26. The van der Waals surface area contributed by atoms with E-state index >= 15 is 0 Å². The molecule has 0 N–H and O–H groups in total.